The predicted molar refractivity (Wildman–Crippen MR) is 109 cm³/mol. The van der Waals surface area contributed by atoms with Crippen molar-refractivity contribution < 1.29 is 4.79 Å². The van der Waals surface area contributed by atoms with Gasteiger partial charge in [0.25, 0.3) is 5.91 Å². The second-order valence-corrected chi connectivity index (χ2v) is 7.50. The van der Waals surface area contributed by atoms with E-state index in [1.807, 2.05) is 46.4 Å². The van der Waals surface area contributed by atoms with E-state index in [-0.39, 0.29) is 5.91 Å². The number of hydrogen-bond acceptors (Lipinski definition) is 5. The van der Waals surface area contributed by atoms with E-state index in [1.54, 1.807) is 23.3 Å². The molecule has 9 nitrogen and oxygen atoms in total. The number of fused-ring (bicyclic) bond motifs is 1. The van der Waals surface area contributed by atoms with Gasteiger partial charge in [0, 0.05) is 50.7 Å². The Kier molecular flexibility index (Phi) is 4.42. The second kappa shape index (κ2) is 7.25. The quantitative estimate of drug-likeness (QED) is 0.518. The summed E-state index contributed by atoms with van der Waals surface area (Å²) in [5, 5.41) is 13.2. The summed E-state index contributed by atoms with van der Waals surface area (Å²) < 4.78 is 5.64. The van der Waals surface area contributed by atoms with Gasteiger partial charge in [-0.3, -0.25) is 9.48 Å². The Balaban J connectivity index is 1.48. The Morgan fingerprint density at radius 3 is 2.77 bits per heavy atom. The molecule has 30 heavy (non-hydrogen) atoms. The zero-order valence-corrected chi connectivity index (χ0v) is 16.9. The molecule has 0 N–H and O–H groups in total. The fourth-order valence-corrected chi connectivity index (χ4v) is 3.99. The summed E-state index contributed by atoms with van der Waals surface area (Å²) in [5.74, 6) is 1.08. The molecular weight excluding hydrogens is 380 g/mol. The zero-order valence-electron chi connectivity index (χ0n) is 16.9. The number of rotatable bonds is 4. The maximum absolute atomic E-state index is 13.0. The van der Waals surface area contributed by atoms with Crippen molar-refractivity contribution in [2.75, 3.05) is 6.54 Å². The zero-order chi connectivity index (χ0) is 20.7. The molecule has 0 radical (unpaired) electrons. The molecule has 0 atom stereocenters. The van der Waals surface area contributed by atoms with Crippen molar-refractivity contribution in [2.45, 2.75) is 19.5 Å². The van der Waals surface area contributed by atoms with Crippen molar-refractivity contribution in [3.63, 3.8) is 0 Å². The SMILES string of the molecule is Cn1ccnc1C(=O)N1CCc2c(c(-c3nncn3Cc3ccccc3)nn2C)C1. The van der Waals surface area contributed by atoms with Crippen LogP contribution in [-0.2, 0) is 33.6 Å². The van der Waals surface area contributed by atoms with Crippen LogP contribution in [0, 0.1) is 0 Å². The van der Waals surface area contributed by atoms with Crippen molar-refractivity contribution >= 4 is 5.91 Å². The molecule has 0 unspecified atom stereocenters. The van der Waals surface area contributed by atoms with Gasteiger partial charge >= 0.3 is 0 Å². The molecule has 0 saturated heterocycles. The van der Waals surface area contributed by atoms with Crippen molar-refractivity contribution in [1.29, 1.82) is 0 Å². The fraction of sp³-hybridized carbons (Fsp3) is 0.286. The van der Waals surface area contributed by atoms with Crippen LogP contribution in [0.5, 0.6) is 0 Å². The summed E-state index contributed by atoms with van der Waals surface area (Å²) in [6.45, 7) is 1.77. The summed E-state index contributed by atoms with van der Waals surface area (Å²) in [6, 6.07) is 10.2. The molecule has 1 amide bonds. The third-order valence-corrected chi connectivity index (χ3v) is 5.57. The number of hydrogen-bond donors (Lipinski definition) is 0. The van der Waals surface area contributed by atoms with Gasteiger partial charge in [0.05, 0.1) is 13.1 Å². The summed E-state index contributed by atoms with van der Waals surface area (Å²) in [4.78, 5) is 19.0. The Hall–Kier alpha value is -3.75. The molecule has 152 valence electrons. The minimum atomic E-state index is -0.0753. The van der Waals surface area contributed by atoms with Crippen LogP contribution in [-0.4, -0.2) is 51.4 Å². The van der Waals surface area contributed by atoms with Crippen molar-refractivity contribution in [2.24, 2.45) is 14.1 Å². The van der Waals surface area contributed by atoms with E-state index < -0.39 is 0 Å². The van der Waals surface area contributed by atoms with Gasteiger partial charge in [-0.05, 0) is 5.56 Å². The van der Waals surface area contributed by atoms with E-state index in [2.05, 4.69) is 27.3 Å². The van der Waals surface area contributed by atoms with Gasteiger partial charge < -0.3 is 14.0 Å². The van der Waals surface area contributed by atoms with Gasteiger partial charge in [0.15, 0.2) is 11.6 Å². The van der Waals surface area contributed by atoms with Gasteiger partial charge in [0.1, 0.15) is 12.0 Å². The van der Waals surface area contributed by atoms with Crippen molar-refractivity contribution in [1.82, 2.24) is 39.0 Å². The number of benzene rings is 1. The molecule has 0 bridgehead atoms. The number of nitrogens with zero attached hydrogens (tertiary/aromatic N) is 8. The first-order valence-corrected chi connectivity index (χ1v) is 9.85. The smallest absolute Gasteiger partial charge is 0.290 e. The first-order valence-electron chi connectivity index (χ1n) is 9.85. The number of amides is 1. The molecule has 3 aromatic heterocycles. The number of aromatic nitrogens is 7. The Labute approximate surface area is 173 Å². The lowest BCUT2D eigenvalue weighted by atomic mass is 10.0. The molecule has 9 heteroatoms. The van der Waals surface area contributed by atoms with Crippen LogP contribution < -0.4 is 0 Å². The summed E-state index contributed by atoms with van der Waals surface area (Å²) in [5.41, 5.74) is 4.09. The van der Waals surface area contributed by atoms with Crippen molar-refractivity contribution in [3.8, 4) is 11.5 Å². The maximum Gasteiger partial charge on any atom is 0.290 e. The number of aryl methyl sites for hydroxylation is 2. The van der Waals surface area contributed by atoms with Crippen LogP contribution >= 0.6 is 0 Å². The van der Waals surface area contributed by atoms with Gasteiger partial charge in [-0.15, -0.1) is 10.2 Å². The maximum atomic E-state index is 13.0. The highest BCUT2D eigenvalue weighted by atomic mass is 16.2. The lowest BCUT2D eigenvalue weighted by molar-refractivity contribution is 0.0717. The summed E-state index contributed by atoms with van der Waals surface area (Å²) in [6.07, 6.45) is 5.89. The highest BCUT2D eigenvalue weighted by Crippen LogP contribution is 2.29. The highest BCUT2D eigenvalue weighted by molar-refractivity contribution is 5.91. The van der Waals surface area contributed by atoms with E-state index in [1.165, 1.54) is 0 Å². The molecule has 5 rings (SSSR count). The molecule has 1 aliphatic rings. The van der Waals surface area contributed by atoms with Gasteiger partial charge in [0.2, 0.25) is 0 Å². The summed E-state index contributed by atoms with van der Waals surface area (Å²) in [7, 11) is 3.77. The first kappa shape index (κ1) is 18.3. The number of imidazole rings is 1. The van der Waals surface area contributed by atoms with Crippen LogP contribution in [0.1, 0.15) is 27.4 Å². The molecule has 0 fully saturated rings. The lowest BCUT2D eigenvalue weighted by Crippen LogP contribution is -2.37. The average Bonchev–Trinajstić information content (AvgIpc) is 3.47. The Bertz CT molecular complexity index is 1200. The van der Waals surface area contributed by atoms with E-state index in [0.29, 0.717) is 31.3 Å². The lowest BCUT2D eigenvalue weighted by Gasteiger charge is -2.27. The molecule has 0 spiro atoms. The standard InChI is InChI=1S/C21H22N8O/c1-26-11-9-22-20(26)21(30)28-10-8-17-16(13-28)18(25-27(17)2)19-24-23-14-29(19)12-15-6-4-3-5-7-15/h3-7,9,11,14H,8,10,12-13H2,1-2H3. The minimum absolute atomic E-state index is 0.0753. The fourth-order valence-electron chi connectivity index (χ4n) is 3.99. The van der Waals surface area contributed by atoms with E-state index in [9.17, 15) is 4.79 Å². The molecule has 4 aromatic rings. The third kappa shape index (κ3) is 3.08. The molecule has 4 heterocycles. The van der Waals surface area contributed by atoms with Crippen LogP contribution in [0.2, 0.25) is 0 Å². The number of carbonyl (C=O) groups is 1. The normalized spacial score (nSPS) is 13.5. The average molecular weight is 402 g/mol. The molecular formula is C21H22N8O. The Morgan fingerprint density at radius 1 is 1.17 bits per heavy atom. The van der Waals surface area contributed by atoms with E-state index >= 15 is 0 Å². The van der Waals surface area contributed by atoms with Gasteiger partial charge in [-0.2, -0.15) is 5.10 Å². The highest BCUT2D eigenvalue weighted by Gasteiger charge is 2.30. The van der Waals surface area contributed by atoms with Gasteiger partial charge in [-0.1, -0.05) is 30.3 Å². The van der Waals surface area contributed by atoms with Gasteiger partial charge in [-0.25, -0.2) is 4.98 Å². The van der Waals surface area contributed by atoms with E-state index in [4.69, 9.17) is 5.10 Å². The Morgan fingerprint density at radius 2 is 2.00 bits per heavy atom. The van der Waals surface area contributed by atoms with Crippen molar-refractivity contribution in [3.05, 3.63) is 71.7 Å². The third-order valence-electron chi connectivity index (χ3n) is 5.57. The largest absolute Gasteiger partial charge is 0.331 e. The van der Waals surface area contributed by atoms with Crippen LogP contribution in [0.25, 0.3) is 11.5 Å². The monoisotopic (exact) mass is 402 g/mol. The van der Waals surface area contributed by atoms with Crippen LogP contribution in [0.3, 0.4) is 0 Å². The van der Waals surface area contributed by atoms with Crippen LogP contribution in [0.15, 0.2) is 49.1 Å². The topological polar surface area (TPSA) is 86.7 Å². The molecule has 0 aliphatic carbocycles. The van der Waals surface area contributed by atoms with E-state index in [0.717, 1.165) is 28.9 Å². The molecule has 1 aliphatic heterocycles. The first-order chi connectivity index (χ1) is 14.6. The summed E-state index contributed by atoms with van der Waals surface area (Å²) >= 11 is 0. The number of carbonyl (C=O) groups excluding carboxylic acids is 1. The minimum Gasteiger partial charge on any atom is -0.331 e. The second-order valence-electron chi connectivity index (χ2n) is 7.50. The molecule has 1 aromatic carbocycles. The molecule has 0 saturated carbocycles. The predicted octanol–water partition coefficient (Wildman–Crippen LogP) is 1.66. The van der Waals surface area contributed by atoms with Crippen LogP contribution in [0.4, 0.5) is 0 Å².